The van der Waals surface area contributed by atoms with E-state index in [1.807, 2.05) is 0 Å². The molecule has 0 aromatic rings. The lowest BCUT2D eigenvalue weighted by Gasteiger charge is -2.35. The number of hydrogen-bond donors (Lipinski definition) is 0. The molecule has 1 fully saturated rings. The number of carbonyl (C=O) groups excluding carboxylic acids is 1. The molecule has 0 N–H and O–H groups in total. The first-order valence-electron chi connectivity index (χ1n) is 4.41. The van der Waals surface area contributed by atoms with E-state index in [9.17, 15) is 4.79 Å². The summed E-state index contributed by atoms with van der Waals surface area (Å²) in [6, 6.07) is 0. The van der Waals surface area contributed by atoms with Gasteiger partial charge in [0.25, 0.3) is 0 Å². The highest BCUT2D eigenvalue weighted by molar-refractivity contribution is 5.83. The molecule has 1 aliphatic rings. The zero-order chi connectivity index (χ0) is 8.70. The SMILES string of the molecule is CC(=O)[C@@]1(C)CCCC1(C)C. The summed E-state index contributed by atoms with van der Waals surface area (Å²) < 4.78 is 0. The van der Waals surface area contributed by atoms with Crippen LogP contribution in [0.4, 0.5) is 0 Å². The first kappa shape index (κ1) is 8.76. The van der Waals surface area contributed by atoms with E-state index >= 15 is 0 Å². The van der Waals surface area contributed by atoms with Crippen LogP contribution in [0, 0.1) is 10.8 Å². The van der Waals surface area contributed by atoms with Gasteiger partial charge in [-0.25, -0.2) is 0 Å². The Hall–Kier alpha value is -0.330. The Morgan fingerprint density at radius 3 is 1.91 bits per heavy atom. The third-order valence-corrected chi connectivity index (χ3v) is 3.75. The fourth-order valence-electron chi connectivity index (χ4n) is 2.15. The van der Waals surface area contributed by atoms with Crippen LogP contribution < -0.4 is 0 Å². The van der Waals surface area contributed by atoms with Crippen LogP contribution >= 0.6 is 0 Å². The molecule has 64 valence electrons. The van der Waals surface area contributed by atoms with Gasteiger partial charge in [0.2, 0.25) is 0 Å². The lowest BCUT2D eigenvalue weighted by Crippen LogP contribution is -2.35. The van der Waals surface area contributed by atoms with Gasteiger partial charge in [-0.05, 0) is 25.2 Å². The van der Waals surface area contributed by atoms with Crippen molar-refractivity contribution in [1.82, 2.24) is 0 Å². The Balaban J connectivity index is 2.93. The van der Waals surface area contributed by atoms with Crippen LogP contribution in [-0.4, -0.2) is 5.78 Å². The lowest BCUT2D eigenvalue weighted by atomic mass is 9.67. The normalized spacial score (nSPS) is 35.6. The van der Waals surface area contributed by atoms with Crippen molar-refractivity contribution in [2.45, 2.75) is 47.0 Å². The van der Waals surface area contributed by atoms with Crippen LogP contribution in [-0.2, 0) is 4.79 Å². The third-order valence-electron chi connectivity index (χ3n) is 3.75. The van der Waals surface area contributed by atoms with Gasteiger partial charge in [-0.3, -0.25) is 4.79 Å². The van der Waals surface area contributed by atoms with Crippen LogP contribution in [0.5, 0.6) is 0 Å². The summed E-state index contributed by atoms with van der Waals surface area (Å²) in [5.41, 5.74) is 0.172. The molecule has 0 bridgehead atoms. The molecular weight excluding hydrogens is 136 g/mol. The third kappa shape index (κ3) is 1.11. The molecule has 0 aromatic heterocycles. The van der Waals surface area contributed by atoms with Gasteiger partial charge in [0.15, 0.2) is 0 Å². The molecule has 1 rings (SSSR count). The molecule has 0 amide bonds. The van der Waals surface area contributed by atoms with Crippen molar-refractivity contribution >= 4 is 5.78 Å². The number of Topliss-reactive ketones (excluding diaryl/α,β-unsaturated/α-hetero) is 1. The van der Waals surface area contributed by atoms with Crippen molar-refractivity contribution in [3.8, 4) is 0 Å². The van der Waals surface area contributed by atoms with Gasteiger partial charge in [0, 0.05) is 5.41 Å². The molecule has 1 nitrogen and oxygen atoms in total. The van der Waals surface area contributed by atoms with E-state index in [0.717, 1.165) is 6.42 Å². The number of carbonyl (C=O) groups is 1. The monoisotopic (exact) mass is 154 g/mol. The largest absolute Gasteiger partial charge is 0.299 e. The van der Waals surface area contributed by atoms with Gasteiger partial charge < -0.3 is 0 Å². The Morgan fingerprint density at radius 2 is 1.73 bits per heavy atom. The second-order valence-corrected chi connectivity index (χ2v) is 4.63. The molecule has 1 aliphatic carbocycles. The van der Waals surface area contributed by atoms with Crippen LogP contribution in [0.3, 0.4) is 0 Å². The molecule has 11 heavy (non-hydrogen) atoms. The number of hydrogen-bond acceptors (Lipinski definition) is 1. The maximum absolute atomic E-state index is 11.4. The summed E-state index contributed by atoms with van der Waals surface area (Å²) in [4.78, 5) is 11.4. The minimum atomic E-state index is -0.0486. The van der Waals surface area contributed by atoms with E-state index in [-0.39, 0.29) is 10.8 Å². The first-order valence-corrected chi connectivity index (χ1v) is 4.41. The molecule has 0 spiro atoms. The number of rotatable bonds is 1. The van der Waals surface area contributed by atoms with Crippen LogP contribution in [0.1, 0.15) is 47.0 Å². The average molecular weight is 154 g/mol. The van der Waals surface area contributed by atoms with E-state index in [1.54, 1.807) is 6.92 Å². The highest BCUT2D eigenvalue weighted by Gasteiger charge is 2.48. The minimum Gasteiger partial charge on any atom is -0.299 e. The Morgan fingerprint density at radius 1 is 1.18 bits per heavy atom. The van der Waals surface area contributed by atoms with Crippen LogP contribution in [0.15, 0.2) is 0 Å². The van der Waals surface area contributed by atoms with Gasteiger partial charge in [-0.15, -0.1) is 0 Å². The first-order chi connectivity index (χ1) is 4.90. The average Bonchev–Trinajstić information content (AvgIpc) is 2.09. The molecule has 0 aromatic carbocycles. The van der Waals surface area contributed by atoms with Gasteiger partial charge in [0.05, 0.1) is 0 Å². The van der Waals surface area contributed by atoms with Gasteiger partial charge in [0.1, 0.15) is 5.78 Å². The molecule has 0 heterocycles. The zero-order valence-electron chi connectivity index (χ0n) is 8.03. The molecule has 0 unspecified atom stereocenters. The quantitative estimate of drug-likeness (QED) is 0.567. The Kier molecular flexibility index (Phi) is 1.85. The van der Waals surface area contributed by atoms with E-state index in [1.165, 1.54) is 12.8 Å². The summed E-state index contributed by atoms with van der Waals surface area (Å²) in [6.07, 6.45) is 3.49. The van der Waals surface area contributed by atoms with Crippen LogP contribution in [0.25, 0.3) is 0 Å². The zero-order valence-corrected chi connectivity index (χ0v) is 8.03. The number of ketones is 1. The second kappa shape index (κ2) is 2.33. The van der Waals surface area contributed by atoms with Crippen molar-refractivity contribution in [2.75, 3.05) is 0 Å². The smallest absolute Gasteiger partial charge is 0.136 e. The molecule has 0 aliphatic heterocycles. The summed E-state index contributed by atoms with van der Waals surface area (Å²) in [7, 11) is 0. The van der Waals surface area contributed by atoms with E-state index < -0.39 is 0 Å². The predicted octanol–water partition coefficient (Wildman–Crippen LogP) is 2.79. The predicted molar refractivity (Wildman–Crippen MR) is 46.4 cm³/mol. The topological polar surface area (TPSA) is 17.1 Å². The highest BCUT2D eigenvalue weighted by Crippen LogP contribution is 2.52. The Labute approximate surface area is 69.2 Å². The van der Waals surface area contributed by atoms with Crippen LogP contribution in [0.2, 0.25) is 0 Å². The molecular formula is C10H18O. The van der Waals surface area contributed by atoms with Gasteiger partial charge in [-0.2, -0.15) is 0 Å². The molecule has 1 saturated carbocycles. The van der Waals surface area contributed by atoms with Gasteiger partial charge in [-0.1, -0.05) is 27.2 Å². The van der Waals surface area contributed by atoms with Crippen molar-refractivity contribution < 1.29 is 4.79 Å². The van der Waals surface area contributed by atoms with E-state index in [4.69, 9.17) is 0 Å². The molecule has 1 atom stereocenters. The standard InChI is InChI=1S/C10H18O/c1-8(11)10(4)7-5-6-9(10,2)3/h5-7H2,1-4H3/t10-/m1/s1. The summed E-state index contributed by atoms with van der Waals surface area (Å²) in [6.45, 7) is 8.26. The van der Waals surface area contributed by atoms with E-state index in [2.05, 4.69) is 20.8 Å². The summed E-state index contributed by atoms with van der Waals surface area (Å²) in [5, 5.41) is 0. The maximum atomic E-state index is 11.4. The molecule has 1 heteroatoms. The Bertz CT molecular complexity index is 181. The fourth-order valence-corrected chi connectivity index (χ4v) is 2.15. The van der Waals surface area contributed by atoms with Crippen molar-refractivity contribution in [1.29, 1.82) is 0 Å². The minimum absolute atomic E-state index is 0.0486. The summed E-state index contributed by atoms with van der Waals surface area (Å²) in [5.74, 6) is 0.361. The molecule has 0 saturated heterocycles. The van der Waals surface area contributed by atoms with Crippen molar-refractivity contribution in [3.05, 3.63) is 0 Å². The van der Waals surface area contributed by atoms with Crippen molar-refractivity contribution in [2.24, 2.45) is 10.8 Å². The lowest BCUT2D eigenvalue weighted by molar-refractivity contribution is -0.130. The van der Waals surface area contributed by atoms with E-state index in [0.29, 0.717) is 5.78 Å². The highest BCUT2D eigenvalue weighted by atomic mass is 16.1. The molecule has 0 radical (unpaired) electrons. The summed E-state index contributed by atoms with van der Waals surface area (Å²) >= 11 is 0. The van der Waals surface area contributed by atoms with Gasteiger partial charge >= 0.3 is 0 Å². The van der Waals surface area contributed by atoms with Crippen molar-refractivity contribution in [3.63, 3.8) is 0 Å². The maximum Gasteiger partial charge on any atom is 0.136 e. The second-order valence-electron chi connectivity index (χ2n) is 4.63. The fraction of sp³-hybridized carbons (Fsp3) is 0.900.